The van der Waals surface area contributed by atoms with Gasteiger partial charge in [-0.2, -0.15) is 9.13 Å². The van der Waals surface area contributed by atoms with Crippen molar-refractivity contribution >= 4 is 44.9 Å². The number of fused-ring (bicyclic) bond motifs is 12. The van der Waals surface area contributed by atoms with Gasteiger partial charge < -0.3 is 4.42 Å². The van der Waals surface area contributed by atoms with E-state index in [0.717, 1.165) is 47.9 Å². The molecular weight excluding hydrogens is 524 g/mol. The second-order valence-electron chi connectivity index (χ2n) is 12.1. The van der Waals surface area contributed by atoms with E-state index in [2.05, 4.69) is 120 Å². The number of aryl methyl sites for hydroxylation is 2. The molecule has 206 valence electrons. The van der Waals surface area contributed by atoms with Crippen LogP contribution in [0.5, 0.6) is 0 Å². The first-order chi connectivity index (χ1) is 21.1. The standard InChI is InChI=1S/C40H32N2O/c1-25-26(2)31-18-22-42-20-16-29-7-3-4-8-32(29)40(42)39(31)38-30(25)17-21-41-19-15-28(24-35(38)41)12-11-27-13-14-37-34(23-27)33-9-5-6-10-36(33)43-37/h3-16,19-20,23-24H,17-18,21-22H2,1-2H3/q+2/b12-11+. The third-order valence-corrected chi connectivity index (χ3v) is 9.89. The molecule has 0 aliphatic carbocycles. The van der Waals surface area contributed by atoms with Crippen LogP contribution in [-0.4, -0.2) is 0 Å². The van der Waals surface area contributed by atoms with Crippen LogP contribution in [0.25, 0.3) is 67.4 Å². The average molecular weight is 557 g/mol. The van der Waals surface area contributed by atoms with Crippen LogP contribution in [0.3, 0.4) is 0 Å². The maximum Gasteiger partial charge on any atom is 0.221 e. The zero-order chi connectivity index (χ0) is 28.7. The highest BCUT2D eigenvalue weighted by Crippen LogP contribution is 2.44. The molecule has 0 amide bonds. The van der Waals surface area contributed by atoms with Crippen molar-refractivity contribution < 1.29 is 13.6 Å². The van der Waals surface area contributed by atoms with Gasteiger partial charge >= 0.3 is 0 Å². The number of benzene rings is 4. The predicted molar refractivity (Wildman–Crippen MR) is 175 cm³/mol. The van der Waals surface area contributed by atoms with Gasteiger partial charge in [-0.3, -0.25) is 0 Å². The minimum absolute atomic E-state index is 0.932. The highest BCUT2D eigenvalue weighted by Gasteiger charge is 2.37. The molecule has 2 aliphatic heterocycles. The van der Waals surface area contributed by atoms with Crippen LogP contribution in [0.1, 0.15) is 33.4 Å². The summed E-state index contributed by atoms with van der Waals surface area (Å²) in [5.74, 6) is 0. The van der Waals surface area contributed by atoms with Gasteiger partial charge in [0.05, 0.1) is 16.5 Å². The summed E-state index contributed by atoms with van der Waals surface area (Å²) >= 11 is 0. The van der Waals surface area contributed by atoms with E-state index in [-0.39, 0.29) is 0 Å². The zero-order valence-electron chi connectivity index (χ0n) is 24.5. The van der Waals surface area contributed by atoms with Crippen LogP contribution in [0.15, 0.2) is 102 Å². The van der Waals surface area contributed by atoms with Crippen LogP contribution in [0.4, 0.5) is 0 Å². The van der Waals surface area contributed by atoms with E-state index in [4.69, 9.17) is 4.42 Å². The SMILES string of the molecule is Cc1c(C)c2c(c3c1CC[n+]1ccc(/C=C/c4ccc5oc6ccccc6c5c4)cc1-3)-c1c3ccccc3cc[n+]1CC2. The molecular formula is C40H32N2O+2. The van der Waals surface area contributed by atoms with Gasteiger partial charge in [0.15, 0.2) is 25.5 Å². The Kier molecular flexibility index (Phi) is 5.28. The number of hydrogen-bond acceptors (Lipinski definition) is 1. The van der Waals surface area contributed by atoms with Gasteiger partial charge in [-0.05, 0) is 76.9 Å². The fraction of sp³-hybridized carbons (Fsp3) is 0.150. The lowest BCUT2D eigenvalue weighted by Crippen LogP contribution is -2.43. The summed E-state index contributed by atoms with van der Waals surface area (Å²) in [5.41, 5.74) is 15.8. The maximum absolute atomic E-state index is 6.05. The number of rotatable bonds is 2. The number of hydrogen-bond donors (Lipinski definition) is 0. The fourth-order valence-electron chi connectivity index (χ4n) is 7.58. The predicted octanol–water partition coefficient (Wildman–Crippen LogP) is 8.55. The van der Waals surface area contributed by atoms with Crippen molar-refractivity contribution in [2.24, 2.45) is 0 Å². The van der Waals surface area contributed by atoms with Crippen molar-refractivity contribution in [3.8, 4) is 22.5 Å². The summed E-state index contributed by atoms with van der Waals surface area (Å²) in [4.78, 5) is 0. The fourth-order valence-corrected chi connectivity index (χ4v) is 7.58. The van der Waals surface area contributed by atoms with Crippen LogP contribution >= 0.6 is 0 Å². The molecule has 4 aromatic carbocycles. The Morgan fingerprint density at radius 2 is 1.28 bits per heavy atom. The molecule has 43 heavy (non-hydrogen) atoms. The molecule has 3 aromatic heterocycles. The minimum atomic E-state index is 0.932. The lowest BCUT2D eigenvalue weighted by molar-refractivity contribution is -0.689. The molecule has 3 nitrogen and oxygen atoms in total. The van der Waals surface area contributed by atoms with Gasteiger partial charge in [0.1, 0.15) is 11.2 Å². The second-order valence-corrected chi connectivity index (χ2v) is 12.1. The van der Waals surface area contributed by atoms with Gasteiger partial charge in [-0.25, -0.2) is 0 Å². The Labute approximate surface area is 251 Å². The number of aromatic nitrogens is 2. The molecule has 0 unspecified atom stereocenters. The molecule has 0 bridgehead atoms. The van der Waals surface area contributed by atoms with Crippen LogP contribution in [-0.2, 0) is 25.9 Å². The van der Waals surface area contributed by atoms with Crippen LogP contribution in [0, 0.1) is 13.8 Å². The Balaban J connectivity index is 1.21. The molecule has 0 fully saturated rings. The molecule has 2 aliphatic rings. The molecule has 0 atom stereocenters. The van der Waals surface area contributed by atoms with Crippen molar-refractivity contribution in [1.29, 1.82) is 0 Å². The average Bonchev–Trinajstić information content (AvgIpc) is 3.43. The summed E-state index contributed by atoms with van der Waals surface area (Å²) in [5, 5.41) is 4.97. The van der Waals surface area contributed by atoms with E-state index < -0.39 is 0 Å². The van der Waals surface area contributed by atoms with Gasteiger partial charge in [0.2, 0.25) is 11.4 Å². The van der Waals surface area contributed by atoms with E-state index in [1.807, 2.05) is 12.1 Å². The van der Waals surface area contributed by atoms with Gasteiger partial charge in [-0.15, -0.1) is 0 Å². The molecule has 9 rings (SSSR count). The third-order valence-electron chi connectivity index (χ3n) is 9.89. The molecule has 0 saturated carbocycles. The monoisotopic (exact) mass is 556 g/mol. The zero-order valence-corrected chi connectivity index (χ0v) is 24.5. The smallest absolute Gasteiger partial charge is 0.221 e. The van der Waals surface area contributed by atoms with Crippen molar-refractivity contribution in [3.63, 3.8) is 0 Å². The van der Waals surface area contributed by atoms with Crippen molar-refractivity contribution in [2.75, 3.05) is 0 Å². The maximum atomic E-state index is 6.05. The Morgan fingerprint density at radius 3 is 2.14 bits per heavy atom. The highest BCUT2D eigenvalue weighted by atomic mass is 16.3. The topological polar surface area (TPSA) is 20.9 Å². The Bertz CT molecular complexity index is 2320. The van der Waals surface area contributed by atoms with Gasteiger partial charge in [-0.1, -0.05) is 54.6 Å². The number of pyridine rings is 2. The Morgan fingerprint density at radius 1 is 0.605 bits per heavy atom. The summed E-state index contributed by atoms with van der Waals surface area (Å²) in [6, 6.07) is 30.5. The first-order valence-corrected chi connectivity index (χ1v) is 15.3. The van der Waals surface area contributed by atoms with Gasteiger partial charge in [0, 0.05) is 41.8 Å². The summed E-state index contributed by atoms with van der Waals surface area (Å²) < 4.78 is 11.0. The van der Waals surface area contributed by atoms with E-state index in [1.54, 1.807) is 0 Å². The first-order valence-electron chi connectivity index (χ1n) is 15.3. The summed E-state index contributed by atoms with van der Waals surface area (Å²) in [6.07, 6.45) is 11.2. The van der Waals surface area contributed by atoms with E-state index >= 15 is 0 Å². The minimum Gasteiger partial charge on any atom is -0.456 e. The van der Waals surface area contributed by atoms with Crippen LogP contribution < -0.4 is 9.13 Å². The second kappa shape index (κ2) is 9.24. The molecule has 0 radical (unpaired) electrons. The van der Waals surface area contributed by atoms with Gasteiger partial charge in [0.25, 0.3) is 0 Å². The molecule has 0 spiro atoms. The number of furan rings is 1. The molecule has 5 heterocycles. The van der Waals surface area contributed by atoms with E-state index in [9.17, 15) is 0 Å². The molecule has 0 N–H and O–H groups in total. The van der Waals surface area contributed by atoms with Crippen molar-refractivity contribution in [2.45, 2.75) is 39.8 Å². The van der Waals surface area contributed by atoms with Crippen molar-refractivity contribution in [1.82, 2.24) is 0 Å². The highest BCUT2D eigenvalue weighted by molar-refractivity contribution is 6.05. The third kappa shape index (κ3) is 3.67. The molecule has 0 saturated heterocycles. The summed E-state index contributed by atoms with van der Waals surface area (Å²) in [7, 11) is 0. The van der Waals surface area contributed by atoms with Crippen molar-refractivity contribution in [3.05, 3.63) is 131 Å². The van der Waals surface area contributed by atoms with E-state index in [1.165, 1.54) is 66.7 Å². The number of nitrogens with zero attached hydrogens (tertiary/aromatic N) is 2. The lowest BCUT2D eigenvalue weighted by Gasteiger charge is -2.27. The molecule has 3 heteroatoms. The molecule has 7 aromatic rings. The largest absolute Gasteiger partial charge is 0.456 e. The Hall–Kier alpha value is -5.02. The quantitative estimate of drug-likeness (QED) is 0.196. The lowest BCUT2D eigenvalue weighted by atomic mass is 9.79. The normalized spacial score (nSPS) is 13.8. The number of para-hydroxylation sites is 1. The van der Waals surface area contributed by atoms with Crippen LogP contribution in [0.2, 0.25) is 0 Å². The summed E-state index contributed by atoms with van der Waals surface area (Å²) in [6.45, 7) is 6.71. The van der Waals surface area contributed by atoms with E-state index in [0.29, 0.717) is 0 Å². The first kappa shape index (κ1) is 24.6.